The minimum atomic E-state index is -0.851. The molecule has 1 aliphatic rings. The molecule has 3 aromatic rings. The van der Waals surface area contributed by atoms with Crippen LogP contribution in [0.2, 0.25) is 0 Å². The minimum absolute atomic E-state index is 0.250. The molecule has 0 bridgehead atoms. The molecule has 0 spiro atoms. The van der Waals surface area contributed by atoms with E-state index in [0.717, 1.165) is 36.8 Å². The summed E-state index contributed by atoms with van der Waals surface area (Å²) in [5.41, 5.74) is 3.90. The van der Waals surface area contributed by atoms with Gasteiger partial charge in [-0.3, -0.25) is 0 Å². The van der Waals surface area contributed by atoms with Gasteiger partial charge in [0.1, 0.15) is 0 Å². The summed E-state index contributed by atoms with van der Waals surface area (Å²) >= 11 is 0. The van der Waals surface area contributed by atoms with Crippen LogP contribution in [-0.2, 0) is 9.47 Å². The molecular weight excluding hydrogens is 514 g/mol. The van der Waals surface area contributed by atoms with Gasteiger partial charge in [0.05, 0.1) is 13.2 Å². The van der Waals surface area contributed by atoms with Crippen molar-refractivity contribution in [3.8, 4) is 22.3 Å². The fraction of sp³-hybridized carbons (Fsp3) is 0.405. The van der Waals surface area contributed by atoms with E-state index in [1.54, 1.807) is 12.1 Å². The number of allylic oxidation sites excluding steroid dienone is 2. The van der Waals surface area contributed by atoms with Gasteiger partial charge in [-0.25, -0.2) is 8.78 Å². The third kappa shape index (κ3) is 8.47. The van der Waals surface area contributed by atoms with Gasteiger partial charge in [-0.1, -0.05) is 138 Å². The van der Waals surface area contributed by atoms with E-state index in [9.17, 15) is 0 Å². The Hall–Kier alpha value is -3.08. The smallest absolute Gasteiger partial charge is 0.191 e. The first-order valence-corrected chi connectivity index (χ1v) is 15.4. The maximum absolute atomic E-state index is 15.4. The van der Waals surface area contributed by atoms with Crippen molar-refractivity contribution in [1.29, 1.82) is 0 Å². The molecule has 0 aliphatic heterocycles. The fourth-order valence-corrected chi connectivity index (χ4v) is 5.25. The number of rotatable bonds is 16. The molecule has 218 valence electrons. The van der Waals surface area contributed by atoms with Crippen molar-refractivity contribution in [2.45, 2.75) is 83.8 Å². The molecule has 1 atom stereocenters. The highest BCUT2D eigenvalue weighted by atomic mass is 19.2. The summed E-state index contributed by atoms with van der Waals surface area (Å²) in [5, 5.41) is 0. The summed E-state index contributed by atoms with van der Waals surface area (Å²) in [6.07, 6.45) is 16.3. The minimum Gasteiger partial charge on any atom is -0.346 e. The molecule has 1 aliphatic carbocycles. The van der Waals surface area contributed by atoms with Gasteiger partial charge in [-0.15, -0.1) is 0 Å². The van der Waals surface area contributed by atoms with Crippen LogP contribution in [0.1, 0.15) is 83.6 Å². The molecule has 4 heteroatoms. The van der Waals surface area contributed by atoms with Crippen LogP contribution in [0.15, 0.2) is 85.0 Å². The van der Waals surface area contributed by atoms with E-state index in [1.165, 1.54) is 32.1 Å². The van der Waals surface area contributed by atoms with E-state index in [1.807, 2.05) is 72.8 Å². The van der Waals surface area contributed by atoms with Gasteiger partial charge in [0.25, 0.3) is 0 Å². The quantitative estimate of drug-likeness (QED) is 0.129. The third-order valence-electron chi connectivity index (χ3n) is 7.76. The predicted molar refractivity (Wildman–Crippen MR) is 166 cm³/mol. The lowest BCUT2D eigenvalue weighted by atomic mass is 9.93. The van der Waals surface area contributed by atoms with Gasteiger partial charge < -0.3 is 9.47 Å². The lowest BCUT2D eigenvalue weighted by Gasteiger charge is -2.33. The molecule has 0 heterocycles. The summed E-state index contributed by atoms with van der Waals surface area (Å²) in [5.74, 6) is -2.53. The van der Waals surface area contributed by atoms with Crippen LogP contribution in [0.4, 0.5) is 8.78 Å². The summed E-state index contributed by atoms with van der Waals surface area (Å²) in [4.78, 5) is 0. The van der Waals surface area contributed by atoms with Gasteiger partial charge >= 0.3 is 0 Å². The van der Waals surface area contributed by atoms with E-state index in [-0.39, 0.29) is 11.1 Å². The summed E-state index contributed by atoms with van der Waals surface area (Å²) in [7, 11) is 0. The molecule has 1 unspecified atom stereocenters. The molecule has 0 aromatic heterocycles. The molecule has 0 N–H and O–H groups in total. The van der Waals surface area contributed by atoms with Crippen molar-refractivity contribution in [3.63, 3.8) is 0 Å². The second-order valence-corrected chi connectivity index (χ2v) is 10.9. The lowest BCUT2D eigenvalue weighted by molar-refractivity contribution is -0.203. The molecular formula is C37H44F2O2. The van der Waals surface area contributed by atoms with Crippen LogP contribution in [0.5, 0.6) is 0 Å². The Labute approximate surface area is 245 Å². The van der Waals surface area contributed by atoms with Crippen molar-refractivity contribution in [3.05, 3.63) is 102 Å². The number of ether oxygens (including phenoxy) is 2. The first kappa shape index (κ1) is 30.9. The largest absolute Gasteiger partial charge is 0.346 e. The predicted octanol–water partition coefficient (Wildman–Crippen LogP) is 10.9. The van der Waals surface area contributed by atoms with Crippen LogP contribution >= 0.6 is 0 Å². The first-order valence-electron chi connectivity index (χ1n) is 15.4. The highest BCUT2D eigenvalue weighted by molar-refractivity contribution is 5.78. The Morgan fingerprint density at radius 1 is 0.610 bits per heavy atom. The number of hydrogen-bond donors (Lipinski definition) is 0. The molecule has 0 saturated heterocycles. The van der Waals surface area contributed by atoms with Crippen LogP contribution in [0.25, 0.3) is 27.8 Å². The first-order chi connectivity index (χ1) is 20.1. The third-order valence-corrected chi connectivity index (χ3v) is 7.76. The summed E-state index contributed by atoms with van der Waals surface area (Å²) in [6, 6.07) is 20.9. The molecule has 0 saturated carbocycles. The van der Waals surface area contributed by atoms with Crippen molar-refractivity contribution in [2.75, 3.05) is 13.2 Å². The van der Waals surface area contributed by atoms with Crippen LogP contribution in [0, 0.1) is 11.6 Å². The van der Waals surface area contributed by atoms with Gasteiger partial charge in [-0.05, 0) is 41.2 Å². The van der Waals surface area contributed by atoms with Crippen molar-refractivity contribution >= 4 is 5.57 Å². The van der Waals surface area contributed by atoms with E-state index in [2.05, 4.69) is 13.8 Å². The van der Waals surface area contributed by atoms with E-state index in [4.69, 9.17) is 9.47 Å². The number of unbranched alkanes of at least 4 members (excludes halogenated alkanes) is 7. The number of halogens is 2. The Morgan fingerprint density at radius 2 is 1.15 bits per heavy atom. The van der Waals surface area contributed by atoms with Crippen LogP contribution in [0.3, 0.4) is 0 Å². The fourth-order valence-electron chi connectivity index (χ4n) is 5.25. The summed E-state index contributed by atoms with van der Waals surface area (Å²) < 4.78 is 43.4. The van der Waals surface area contributed by atoms with Crippen molar-refractivity contribution in [1.82, 2.24) is 0 Å². The van der Waals surface area contributed by atoms with Gasteiger partial charge in [0, 0.05) is 17.5 Å². The summed E-state index contributed by atoms with van der Waals surface area (Å²) in [6.45, 7) is 5.63. The van der Waals surface area contributed by atoms with Gasteiger partial charge in [0.2, 0.25) is 0 Å². The molecule has 2 nitrogen and oxygen atoms in total. The maximum atomic E-state index is 15.4. The molecule has 0 amide bonds. The maximum Gasteiger partial charge on any atom is 0.191 e. The second-order valence-electron chi connectivity index (χ2n) is 10.9. The normalized spacial score (nSPS) is 16.6. The molecule has 41 heavy (non-hydrogen) atoms. The van der Waals surface area contributed by atoms with Gasteiger partial charge in [-0.2, -0.15) is 0 Å². The second kappa shape index (κ2) is 15.8. The zero-order chi connectivity index (χ0) is 28.9. The number of hydrogen-bond acceptors (Lipinski definition) is 2. The standard InChI is InChI=1S/C37H44F2O2/c1-3-5-7-9-14-28-41-37(40-27-13-8-6-4-2)25-23-32(24-26-37)34-22-21-33(35(38)36(34)39)31-19-17-30(18-20-31)29-15-11-10-12-16-29/h10-12,15-25H,3-9,13-14,26-28H2,1-2H3. The Bertz CT molecular complexity index is 1280. The highest BCUT2D eigenvalue weighted by Gasteiger charge is 2.31. The number of benzene rings is 3. The van der Waals surface area contributed by atoms with Crippen molar-refractivity contribution < 1.29 is 18.3 Å². The molecule has 0 radical (unpaired) electrons. The molecule has 0 fully saturated rings. The van der Waals surface area contributed by atoms with Crippen LogP contribution < -0.4 is 0 Å². The Morgan fingerprint density at radius 3 is 1.76 bits per heavy atom. The average Bonchev–Trinajstić information content (AvgIpc) is 3.01. The van der Waals surface area contributed by atoms with Gasteiger partial charge in [0.15, 0.2) is 17.4 Å². The lowest BCUT2D eigenvalue weighted by Crippen LogP contribution is -2.35. The Balaban J connectivity index is 1.45. The van der Waals surface area contributed by atoms with E-state index in [0.29, 0.717) is 30.8 Å². The van der Waals surface area contributed by atoms with Crippen LogP contribution in [-0.4, -0.2) is 19.0 Å². The zero-order valence-electron chi connectivity index (χ0n) is 24.6. The van der Waals surface area contributed by atoms with E-state index >= 15 is 8.78 Å². The Kier molecular flexibility index (Phi) is 11.9. The van der Waals surface area contributed by atoms with Crippen molar-refractivity contribution in [2.24, 2.45) is 0 Å². The zero-order valence-corrected chi connectivity index (χ0v) is 24.6. The molecule has 4 rings (SSSR count). The molecule has 3 aromatic carbocycles. The average molecular weight is 559 g/mol. The monoisotopic (exact) mass is 558 g/mol. The van der Waals surface area contributed by atoms with E-state index < -0.39 is 17.4 Å². The highest BCUT2D eigenvalue weighted by Crippen LogP contribution is 2.35. The SMILES string of the molecule is CCCCCCCOC1(OCCCCCC)C=CC(c2ccc(-c3ccc(-c4ccccc4)cc3)c(F)c2F)=CC1. The topological polar surface area (TPSA) is 18.5 Å².